The number of para-hydroxylation sites is 1. The number of benzene rings is 1. The molecule has 1 unspecified atom stereocenters. The fourth-order valence-electron chi connectivity index (χ4n) is 3.60. The van der Waals surface area contributed by atoms with Crippen LogP contribution in [0.15, 0.2) is 24.3 Å². The molecular weight excluding hydrogens is 334 g/mol. The molecule has 2 aliphatic rings. The first-order chi connectivity index (χ1) is 12.6. The Balaban J connectivity index is 1.70. The number of hydrogen-bond acceptors (Lipinski definition) is 3. The fraction of sp³-hybridized carbons (Fsp3) is 0.526. The second kappa shape index (κ2) is 8.21. The minimum absolute atomic E-state index is 0.0670. The Morgan fingerprint density at radius 1 is 0.962 bits per heavy atom. The highest BCUT2D eigenvalue weighted by molar-refractivity contribution is 6.03. The predicted octanol–water partition coefficient (Wildman–Crippen LogP) is 2.64. The minimum atomic E-state index is -0.872. The molecule has 3 amide bonds. The number of amides is 3. The number of piperidine rings is 2. The Kier molecular flexibility index (Phi) is 5.75. The number of nitrogens with zero attached hydrogens (tertiary/aromatic N) is 2. The summed E-state index contributed by atoms with van der Waals surface area (Å²) < 4.78 is 0. The van der Waals surface area contributed by atoms with E-state index in [-0.39, 0.29) is 18.5 Å². The molecule has 2 aliphatic heterocycles. The van der Waals surface area contributed by atoms with Gasteiger partial charge in [0.15, 0.2) is 0 Å². The molecule has 3 rings (SSSR count). The van der Waals surface area contributed by atoms with Gasteiger partial charge in [0.25, 0.3) is 5.91 Å². The maximum atomic E-state index is 12.8. The standard InChI is InChI=1S/C19H25N3O4/c23-17(21-10-4-1-5-11-21)15-8-2-3-9-16(15)20-19(26)22-12-6-7-14(13-22)18(24)25/h2-3,8-9,14H,1,4-7,10-13H2,(H,20,26)(H,24,25). The SMILES string of the molecule is O=C(O)C1CCCN(C(=O)Nc2ccccc2C(=O)N2CCCCC2)C1. The lowest BCUT2D eigenvalue weighted by Crippen LogP contribution is -2.44. The molecule has 0 saturated carbocycles. The monoisotopic (exact) mass is 359 g/mol. The number of hydrogen-bond donors (Lipinski definition) is 2. The molecule has 26 heavy (non-hydrogen) atoms. The topological polar surface area (TPSA) is 90.0 Å². The lowest BCUT2D eigenvalue weighted by atomic mass is 9.99. The van der Waals surface area contributed by atoms with E-state index in [2.05, 4.69) is 5.32 Å². The number of anilines is 1. The number of nitrogens with one attached hydrogen (secondary N) is 1. The lowest BCUT2D eigenvalue weighted by Gasteiger charge is -2.31. The lowest BCUT2D eigenvalue weighted by molar-refractivity contribution is -0.143. The third-order valence-corrected chi connectivity index (χ3v) is 5.10. The van der Waals surface area contributed by atoms with Crippen molar-refractivity contribution in [1.29, 1.82) is 0 Å². The highest BCUT2D eigenvalue weighted by Gasteiger charge is 2.29. The molecule has 0 aliphatic carbocycles. The molecular formula is C19H25N3O4. The molecule has 140 valence electrons. The molecule has 0 spiro atoms. The van der Waals surface area contributed by atoms with E-state index in [1.165, 1.54) is 4.90 Å². The predicted molar refractivity (Wildman–Crippen MR) is 97.1 cm³/mol. The molecule has 7 nitrogen and oxygen atoms in total. The molecule has 2 heterocycles. The number of carbonyl (C=O) groups excluding carboxylic acids is 2. The highest BCUT2D eigenvalue weighted by atomic mass is 16.4. The Hall–Kier alpha value is -2.57. The first-order valence-corrected chi connectivity index (χ1v) is 9.23. The van der Waals surface area contributed by atoms with Crippen LogP contribution in [0.5, 0.6) is 0 Å². The van der Waals surface area contributed by atoms with Crippen molar-refractivity contribution in [3.05, 3.63) is 29.8 Å². The summed E-state index contributed by atoms with van der Waals surface area (Å²) in [6.07, 6.45) is 4.40. The van der Waals surface area contributed by atoms with Crippen molar-refractivity contribution in [2.45, 2.75) is 32.1 Å². The smallest absolute Gasteiger partial charge is 0.321 e. The highest BCUT2D eigenvalue weighted by Crippen LogP contribution is 2.22. The number of rotatable bonds is 3. The molecule has 2 fully saturated rings. The van der Waals surface area contributed by atoms with Gasteiger partial charge in [-0.1, -0.05) is 12.1 Å². The Bertz CT molecular complexity index is 685. The van der Waals surface area contributed by atoms with Gasteiger partial charge in [0, 0.05) is 26.2 Å². The molecule has 7 heteroatoms. The van der Waals surface area contributed by atoms with E-state index >= 15 is 0 Å². The van der Waals surface area contributed by atoms with Crippen molar-refractivity contribution in [3.8, 4) is 0 Å². The van der Waals surface area contributed by atoms with Gasteiger partial charge in [0.1, 0.15) is 0 Å². The second-order valence-corrected chi connectivity index (χ2v) is 6.95. The first kappa shape index (κ1) is 18.2. The van der Waals surface area contributed by atoms with Crippen LogP contribution in [0.1, 0.15) is 42.5 Å². The largest absolute Gasteiger partial charge is 0.481 e. The number of urea groups is 1. The van der Waals surface area contributed by atoms with E-state index in [1.54, 1.807) is 24.3 Å². The van der Waals surface area contributed by atoms with Gasteiger partial charge in [-0.15, -0.1) is 0 Å². The quantitative estimate of drug-likeness (QED) is 0.868. The molecule has 1 aromatic carbocycles. The maximum Gasteiger partial charge on any atom is 0.321 e. The summed E-state index contributed by atoms with van der Waals surface area (Å²) in [6, 6.07) is 6.65. The average Bonchev–Trinajstić information content (AvgIpc) is 2.68. The van der Waals surface area contributed by atoms with Crippen molar-refractivity contribution in [2.24, 2.45) is 5.92 Å². The van der Waals surface area contributed by atoms with E-state index in [1.807, 2.05) is 4.90 Å². The average molecular weight is 359 g/mol. The number of aliphatic carboxylic acids is 1. The first-order valence-electron chi connectivity index (χ1n) is 9.23. The van der Waals surface area contributed by atoms with Gasteiger partial charge in [0.2, 0.25) is 0 Å². The number of carbonyl (C=O) groups is 3. The number of likely N-dealkylation sites (tertiary alicyclic amines) is 2. The summed E-state index contributed by atoms with van der Waals surface area (Å²) >= 11 is 0. The molecule has 1 aromatic rings. The summed E-state index contributed by atoms with van der Waals surface area (Å²) in [5.41, 5.74) is 0.958. The van der Waals surface area contributed by atoms with Crippen LogP contribution in [0.2, 0.25) is 0 Å². The van der Waals surface area contributed by atoms with Crippen molar-refractivity contribution in [1.82, 2.24) is 9.80 Å². The maximum absolute atomic E-state index is 12.8. The van der Waals surface area contributed by atoms with Crippen molar-refractivity contribution in [3.63, 3.8) is 0 Å². The Morgan fingerprint density at radius 2 is 1.65 bits per heavy atom. The molecule has 0 radical (unpaired) electrons. The third kappa shape index (κ3) is 4.15. The summed E-state index contributed by atoms with van der Waals surface area (Å²) in [4.78, 5) is 39.9. The zero-order chi connectivity index (χ0) is 18.5. The van der Waals surface area contributed by atoms with Crippen LogP contribution in [0.3, 0.4) is 0 Å². The molecule has 2 N–H and O–H groups in total. The normalized spacial score (nSPS) is 20.5. The summed E-state index contributed by atoms with van der Waals surface area (Å²) in [5.74, 6) is -1.47. The minimum Gasteiger partial charge on any atom is -0.481 e. The molecule has 0 bridgehead atoms. The van der Waals surface area contributed by atoms with Gasteiger partial charge in [-0.2, -0.15) is 0 Å². The third-order valence-electron chi connectivity index (χ3n) is 5.10. The number of carboxylic acid groups (broad SMARTS) is 1. The Morgan fingerprint density at radius 3 is 2.38 bits per heavy atom. The van der Waals surface area contributed by atoms with Crippen LogP contribution in [0.4, 0.5) is 10.5 Å². The van der Waals surface area contributed by atoms with Crippen molar-refractivity contribution in [2.75, 3.05) is 31.5 Å². The fourth-order valence-corrected chi connectivity index (χ4v) is 3.60. The second-order valence-electron chi connectivity index (χ2n) is 6.95. The van der Waals surface area contributed by atoms with Crippen molar-refractivity contribution < 1.29 is 19.5 Å². The van der Waals surface area contributed by atoms with Crippen LogP contribution in [-0.4, -0.2) is 59.0 Å². The Labute approximate surface area is 153 Å². The van der Waals surface area contributed by atoms with Gasteiger partial charge in [-0.25, -0.2) is 4.79 Å². The van der Waals surface area contributed by atoms with Gasteiger partial charge < -0.3 is 20.2 Å². The van der Waals surface area contributed by atoms with Crippen LogP contribution in [0.25, 0.3) is 0 Å². The molecule has 0 aromatic heterocycles. The van der Waals surface area contributed by atoms with Crippen LogP contribution in [0, 0.1) is 5.92 Å². The van der Waals surface area contributed by atoms with E-state index in [4.69, 9.17) is 0 Å². The van der Waals surface area contributed by atoms with Crippen molar-refractivity contribution >= 4 is 23.6 Å². The van der Waals surface area contributed by atoms with Gasteiger partial charge >= 0.3 is 12.0 Å². The van der Waals surface area contributed by atoms with Gasteiger partial charge in [-0.3, -0.25) is 9.59 Å². The number of carboxylic acids is 1. The summed E-state index contributed by atoms with van der Waals surface area (Å²) in [7, 11) is 0. The van der Waals surface area contributed by atoms with E-state index < -0.39 is 11.9 Å². The van der Waals surface area contributed by atoms with Crippen LogP contribution >= 0.6 is 0 Å². The zero-order valence-electron chi connectivity index (χ0n) is 14.8. The zero-order valence-corrected chi connectivity index (χ0v) is 14.8. The van der Waals surface area contributed by atoms with Crippen LogP contribution in [-0.2, 0) is 4.79 Å². The molecule has 2 saturated heterocycles. The van der Waals surface area contributed by atoms with Gasteiger partial charge in [0.05, 0.1) is 17.2 Å². The van der Waals surface area contributed by atoms with E-state index in [9.17, 15) is 19.5 Å². The van der Waals surface area contributed by atoms with E-state index in [0.29, 0.717) is 30.6 Å². The molecule has 1 atom stereocenters. The summed E-state index contributed by atoms with van der Waals surface area (Å²) in [5, 5.41) is 12.0. The van der Waals surface area contributed by atoms with E-state index in [0.717, 1.165) is 32.4 Å². The van der Waals surface area contributed by atoms with Gasteiger partial charge in [-0.05, 0) is 44.2 Å². The summed E-state index contributed by atoms with van der Waals surface area (Å²) in [6.45, 7) is 2.21. The van der Waals surface area contributed by atoms with Crippen LogP contribution < -0.4 is 5.32 Å².